The normalized spacial score (nSPS) is 19.0. The fourth-order valence-corrected chi connectivity index (χ4v) is 2.95. The second kappa shape index (κ2) is 6.32. The molecule has 10 heteroatoms. The summed E-state index contributed by atoms with van der Waals surface area (Å²) in [5.41, 5.74) is 0.0950. The SMILES string of the molecule is NS(=O)(=O)c1ccc(Br)c(C(=O)N2CCOC(C(=O)O)C2)c1. The zero-order valence-corrected chi connectivity index (χ0v) is 13.6. The third-order valence-electron chi connectivity index (χ3n) is 3.13. The second-order valence-electron chi connectivity index (χ2n) is 4.64. The van der Waals surface area contributed by atoms with Gasteiger partial charge in [-0.3, -0.25) is 4.79 Å². The van der Waals surface area contributed by atoms with E-state index >= 15 is 0 Å². The summed E-state index contributed by atoms with van der Waals surface area (Å²) in [5.74, 6) is -1.65. The number of benzene rings is 1. The summed E-state index contributed by atoms with van der Waals surface area (Å²) < 4.78 is 28.2. The molecule has 0 aromatic heterocycles. The van der Waals surface area contributed by atoms with Crippen LogP contribution in [0, 0.1) is 0 Å². The molecule has 0 radical (unpaired) electrons. The lowest BCUT2D eigenvalue weighted by Crippen LogP contribution is -2.48. The summed E-state index contributed by atoms with van der Waals surface area (Å²) in [6.07, 6.45) is -1.10. The molecule has 120 valence electrons. The second-order valence-corrected chi connectivity index (χ2v) is 7.05. The molecule has 1 aromatic carbocycles. The van der Waals surface area contributed by atoms with Gasteiger partial charge in [0, 0.05) is 11.0 Å². The number of carbonyl (C=O) groups excluding carboxylic acids is 1. The van der Waals surface area contributed by atoms with E-state index in [9.17, 15) is 18.0 Å². The Morgan fingerprint density at radius 1 is 1.41 bits per heavy atom. The van der Waals surface area contributed by atoms with E-state index in [-0.39, 0.29) is 30.2 Å². The summed E-state index contributed by atoms with van der Waals surface area (Å²) in [4.78, 5) is 24.5. The van der Waals surface area contributed by atoms with Gasteiger partial charge >= 0.3 is 5.97 Å². The Kier molecular flexibility index (Phi) is 4.85. The van der Waals surface area contributed by atoms with Gasteiger partial charge in [-0.1, -0.05) is 0 Å². The number of primary sulfonamides is 1. The van der Waals surface area contributed by atoms with Gasteiger partial charge in [0.1, 0.15) is 0 Å². The minimum atomic E-state index is -3.94. The van der Waals surface area contributed by atoms with Gasteiger partial charge in [-0.15, -0.1) is 0 Å². The minimum Gasteiger partial charge on any atom is -0.479 e. The van der Waals surface area contributed by atoms with E-state index in [1.54, 1.807) is 0 Å². The molecule has 0 spiro atoms. The minimum absolute atomic E-state index is 0.0925. The highest BCUT2D eigenvalue weighted by molar-refractivity contribution is 9.10. The maximum Gasteiger partial charge on any atom is 0.334 e. The predicted molar refractivity (Wildman–Crippen MR) is 78.8 cm³/mol. The molecule has 1 aliphatic heterocycles. The van der Waals surface area contributed by atoms with Crippen LogP contribution < -0.4 is 5.14 Å². The van der Waals surface area contributed by atoms with Crippen molar-refractivity contribution >= 4 is 37.8 Å². The Labute approximate surface area is 135 Å². The molecule has 1 fully saturated rings. The first-order valence-corrected chi connectivity index (χ1v) is 8.50. The monoisotopic (exact) mass is 392 g/mol. The van der Waals surface area contributed by atoms with E-state index in [4.69, 9.17) is 15.0 Å². The van der Waals surface area contributed by atoms with E-state index in [0.29, 0.717) is 4.47 Å². The van der Waals surface area contributed by atoms with E-state index in [1.165, 1.54) is 17.0 Å². The van der Waals surface area contributed by atoms with Crippen molar-refractivity contribution in [1.82, 2.24) is 4.90 Å². The number of nitrogens with zero attached hydrogens (tertiary/aromatic N) is 1. The van der Waals surface area contributed by atoms with Crippen LogP contribution in [0.2, 0.25) is 0 Å². The van der Waals surface area contributed by atoms with Crippen molar-refractivity contribution in [3.63, 3.8) is 0 Å². The number of carboxylic acid groups (broad SMARTS) is 1. The van der Waals surface area contributed by atoms with Crippen LogP contribution in [-0.4, -0.2) is 56.1 Å². The highest BCUT2D eigenvalue weighted by Gasteiger charge is 2.30. The Hall–Kier alpha value is -1.49. The standard InChI is InChI=1S/C12H13BrN2O6S/c13-9-2-1-7(22(14,19)20)5-8(9)11(16)15-3-4-21-10(6-15)12(17)18/h1-2,5,10H,3-4,6H2,(H,17,18)(H2,14,19,20). The molecule has 1 saturated heterocycles. The predicted octanol–water partition coefficient (Wildman–Crippen LogP) is 0.0221. The van der Waals surface area contributed by atoms with Gasteiger partial charge in [0.05, 0.1) is 23.6 Å². The lowest BCUT2D eigenvalue weighted by molar-refractivity contribution is -0.154. The molecular weight excluding hydrogens is 380 g/mol. The molecule has 0 bridgehead atoms. The average molecular weight is 393 g/mol. The molecule has 22 heavy (non-hydrogen) atoms. The lowest BCUT2D eigenvalue weighted by Gasteiger charge is -2.31. The van der Waals surface area contributed by atoms with Gasteiger partial charge in [-0.25, -0.2) is 18.4 Å². The van der Waals surface area contributed by atoms with Crippen LogP contribution in [0.5, 0.6) is 0 Å². The lowest BCUT2D eigenvalue weighted by atomic mass is 10.1. The van der Waals surface area contributed by atoms with Gasteiger partial charge in [0.15, 0.2) is 6.10 Å². The number of sulfonamides is 1. The Bertz CT molecular complexity index is 720. The molecule has 0 saturated carbocycles. The van der Waals surface area contributed by atoms with Crippen LogP contribution >= 0.6 is 15.9 Å². The van der Waals surface area contributed by atoms with Crippen LogP contribution in [-0.2, 0) is 19.6 Å². The molecule has 2 rings (SSSR count). The van der Waals surface area contributed by atoms with Crippen molar-refractivity contribution in [1.29, 1.82) is 0 Å². The number of carboxylic acids is 1. The molecular formula is C12H13BrN2O6S. The maximum absolute atomic E-state index is 12.5. The first-order valence-electron chi connectivity index (χ1n) is 6.16. The number of amides is 1. The summed E-state index contributed by atoms with van der Waals surface area (Å²) >= 11 is 3.18. The quantitative estimate of drug-likeness (QED) is 0.746. The number of hydrogen-bond acceptors (Lipinski definition) is 5. The number of ether oxygens (including phenoxy) is 1. The van der Waals surface area contributed by atoms with Crippen LogP contribution in [0.25, 0.3) is 0 Å². The first kappa shape index (κ1) is 16.9. The van der Waals surface area contributed by atoms with Crippen molar-refractivity contribution < 1.29 is 27.9 Å². The topological polar surface area (TPSA) is 127 Å². The number of rotatable bonds is 3. The zero-order valence-electron chi connectivity index (χ0n) is 11.2. The largest absolute Gasteiger partial charge is 0.479 e. The number of nitrogens with two attached hydrogens (primary N) is 1. The summed E-state index contributed by atoms with van der Waals surface area (Å²) in [6, 6.07) is 3.84. The van der Waals surface area contributed by atoms with E-state index in [1.807, 2.05) is 0 Å². The fourth-order valence-electron chi connectivity index (χ4n) is 2.00. The van der Waals surface area contributed by atoms with E-state index < -0.39 is 28.0 Å². The summed E-state index contributed by atoms with van der Waals surface area (Å²) in [7, 11) is -3.94. The summed E-state index contributed by atoms with van der Waals surface area (Å²) in [6.45, 7) is 0.198. The highest BCUT2D eigenvalue weighted by atomic mass is 79.9. The molecule has 1 aliphatic rings. The van der Waals surface area contributed by atoms with Crippen LogP contribution in [0.1, 0.15) is 10.4 Å². The molecule has 1 atom stereocenters. The third-order valence-corrected chi connectivity index (χ3v) is 4.73. The third kappa shape index (κ3) is 3.64. The first-order chi connectivity index (χ1) is 10.2. The molecule has 1 unspecified atom stereocenters. The van der Waals surface area contributed by atoms with Gasteiger partial charge in [-0.2, -0.15) is 0 Å². The fraction of sp³-hybridized carbons (Fsp3) is 0.333. The van der Waals surface area contributed by atoms with Gasteiger partial charge in [-0.05, 0) is 34.1 Å². The average Bonchev–Trinajstić information content (AvgIpc) is 2.46. The van der Waals surface area contributed by atoms with E-state index in [2.05, 4.69) is 15.9 Å². The molecule has 1 amide bonds. The van der Waals surface area contributed by atoms with Crippen molar-refractivity contribution in [3.05, 3.63) is 28.2 Å². The Morgan fingerprint density at radius 2 is 2.09 bits per heavy atom. The summed E-state index contributed by atoms with van der Waals surface area (Å²) in [5, 5.41) is 14.0. The van der Waals surface area contributed by atoms with Crippen LogP contribution in [0.3, 0.4) is 0 Å². The number of halogens is 1. The van der Waals surface area contributed by atoms with Crippen molar-refractivity contribution in [2.75, 3.05) is 19.7 Å². The van der Waals surface area contributed by atoms with Crippen molar-refractivity contribution in [3.8, 4) is 0 Å². The van der Waals surface area contributed by atoms with Crippen molar-refractivity contribution in [2.24, 2.45) is 5.14 Å². The molecule has 3 N–H and O–H groups in total. The number of aliphatic carboxylic acids is 1. The highest BCUT2D eigenvalue weighted by Crippen LogP contribution is 2.23. The molecule has 8 nitrogen and oxygen atoms in total. The maximum atomic E-state index is 12.5. The van der Waals surface area contributed by atoms with Crippen LogP contribution in [0.15, 0.2) is 27.6 Å². The number of morpholine rings is 1. The molecule has 1 aromatic rings. The smallest absolute Gasteiger partial charge is 0.334 e. The van der Waals surface area contributed by atoms with Gasteiger partial charge < -0.3 is 14.7 Å². The Balaban J connectivity index is 2.31. The number of hydrogen-bond donors (Lipinski definition) is 2. The van der Waals surface area contributed by atoms with Gasteiger partial charge in [0.2, 0.25) is 10.0 Å². The zero-order chi connectivity index (χ0) is 16.5. The van der Waals surface area contributed by atoms with Gasteiger partial charge in [0.25, 0.3) is 5.91 Å². The molecule has 0 aliphatic carbocycles. The Morgan fingerprint density at radius 3 is 2.68 bits per heavy atom. The van der Waals surface area contributed by atoms with Crippen molar-refractivity contribution in [2.45, 2.75) is 11.0 Å². The van der Waals surface area contributed by atoms with E-state index in [0.717, 1.165) is 6.07 Å². The molecule has 1 heterocycles. The number of carbonyl (C=O) groups is 2. The van der Waals surface area contributed by atoms with Crippen LogP contribution in [0.4, 0.5) is 0 Å².